The number of benzene rings is 3. The van der Waals surface area contributed by atoms with Crippen molar-refractivity contribution in [2.45, 2.75) is 18.1 Å². The normalized spacial score (nSPS) is 14.4. The van der Waals surface area contributed by atoms with Crippen LogP contribution in [0.25, 0.3) is 11.1 Å². The lowest BCUT2D eigenvalue weighted by Gasteiger charge is -2.21. The SMILES string of the molecule is O=C(NCC(O)C(O)c1c(Br)cc(F)cc1Br)OCC1c2ccccc2-c2ccccc21. The molecule has 0 saturated heterocycles. The van der Waals surface area contributed by atoms with Gasteiger partial charge in [-0.2, -0.15) is 0 Å². The summed E-state index contributed by atoms with van der Waals surface area (Å²) in [5.41, 5.74) is 4.75. The molecule has 0 bridgehead atoms. The Morgan fingerprint density at radius 2 is 1.53 bits per heavy atom. The van der Waals surface area contributed by atoms with Crippen LogP contribution in [0.3, 0.4) is 0 Å². The van der Waals surface area contributed by atoms with Crippen LogP contribution in [0.4, 0.5) is 9.18 Å². The lowest BCUT2D eigenvalue weighted by molar-refractivity contribution is 0.0177. The highest BCUT2D eigenvalue weighted by atomic mass is 79.9. The Bertz CT molecular complexity index is 1090. The van der Waals surface area contributed by atoms with Crippen molar-refractivity contribution in [3.8, 4) is 11.1 Å². The molecule has 8 heteroatoms. The number of rotatable bonds is 6. The molecule has 5 nitrogen and oxygen atoms in total. The van der Waals surface area contributed by atoms with Gasteiger partial charge in [-0.15, -0.1) is 0 Å². The van der Waals surface area contributed by atoms with E-state index in [1.807, 2.05) is 36.4 Å². The Morgan fingerprint density at radius 1 is 1.00 bits per heavy atom. The quantitative estimate of drug-likeness (QED) is 0.380. The molecule has 0 radical (unpaired) electrons. The summed E-state index contributed by atoms with van der Waals surface area (Å²) >= 11 is 6.37. The number of halogens is 3. The standard InChI is InChI=1S/C24H20Br2FNO4/c25-19-9-13(27)10-20(26)22(19)23(30)21(29)11-28-24(31)32-12-18-16-7-3-1-5-14(16)15-6-2-4-8-17(15)18/h1-10,18,21,23,29-30H,11-12H2,(H,28,31). The summed E-state index contributed by atoms with van der Waals surface area (Å²) in [6.45, 7) is -0.0956. The third-order valence-corrected chi connectivity index (χ3v) is 6.82. The number of ether oxygens (including phenoxy) is 1. The van der Waals surface area contributed by atoms with Crippen LogP contribution in [-0.4, -0.2) is 35.6 Å². The molecule has 1 aliphatic rings. The molecule has 1 amide bonds. The first-order valence-electron chi connectivity index (χ1n) is 9.96. The van der Waals surface area contributed by atoms with Gasteiger partial charge in [0.25, 0.3) is 0 Å². The number of aliphatic hydroxyl groups excluding tert-OH is 2. The Labute approximate surface area is 201 Å². The second-order valence-electron chi connectivity index (χ2n) is 7.50. The molecule has 4 rings (SSSR count). The van der Waals surface area contributed by atoms with E-state index in [9.17, 15) is 19.4 Å². The van der Waals surface area contributed by atoms with Gasteiger partial charge in [0, 0.05) is 27.0 Å². The van der Waals surface area contributed by atoms with Gasteiger partial charge in [-0.05, 0) is 34.4 Å². The summed E-state index contributed by atoms with van der Waals surface area (Å²) in [6, 6.07) is 18.4. The summed E-state index contributed by atoms with van der Waals surface area (Å²) in [6.07, 6.45) is -3.38. The van der Waals surface area contributed by atoms with Gasteiger partial charge in [-0.3, -0.25) is 0 Å². The molecule has 0 heterocycles. The summed E-state index contributed by atoms with van der Waals surface area (Å²) < 4.78 is 19.5. The van der Waals surface area contributed by atoms with Crippen molar-refractivity contribution in [2.24, 2.45) is 0 Å². The Morgan fingerprint density at radius 3 is 2.09 bits per heavy atom. The Kier molecular flexibility index (Phi) is 6.95. The molecule has 0 aliphatic heterocycles. The van der Waals surface area contributed by atoms with E-state index in [-0.39, 0.29) is 24.6 Å². The van der Waals surface area contributed by atoms with Crippen molar-refractivity contribution in [2.75, 3.05) is 13.2 Å². The minimum atomic E-state index is -1.35. The van der Waals surface area contributed by atoms with Crippen molar-refractivity contribution >= 4 is 38.0 Å². The fourth-order valence-electron chi connectivity index (χ4n) is 3.98. The second-order valence-corrected chi connectivity index (χ2v) is 9.21. The highest BCUT2D eigenvalue weighted by molar-refractivity contribution is 9.11. The second kappa shape index (κ2) is 9.70. The highest BCUT2D eigenvalue weighted by Crippen LogP contribution is 2.44. The van der Waals surface area contributed by atoms with Crippen molar-refractivity contribution in [3.63, 3.8) is 0 Å². The minimum absolute atomic E-state index is 0.0743. The number of nitrogens with one attached hydrogen (secondary N) is 1. The highest BCUT2D eigenvalue weighted by Gasteiger charge is 2.29. The Hall–Kier alpha value is -2.26. The van der Waals surface area contributed by atoms with E-state index in [0.29, 0.717) is 8.95 Å². The zero-order valence-electron chi connectivity index (χ0n) is 16.8. The van der Waals surface area contributed by atoms with Gasteiger partial charge in [-0.1, -0.05) is 80.4 Å². The molecule has 3 aromatic carbocycles. The molecule has 1 aliphatic carbocycles. The minimum Gasteiger partial charge on any atom is -0.449 e. The molecule has 3 N–H and O–H groups in total. The van der Waals surface area contributed by atoms with Crippen LogP contribution in [0.1, 0.15) is 28.7 Å². The van der Waals surface area contributed by atoms with Crippen molar-refractivity contribution in [1.29, 1.82) is 0 Å². The molecule has 2 atom stereocenters. The number of hydrogen-bond acceptors (Lipinski definition) is 4. The maximum Gasteiger partial charge on any atom is 0.407 e. The van der Waals surface area contributed by atoms with E-state index < -0.39 is 24.1 Å². The van der Waals surface area contributed by atoms with Gasteiger partial charge < -0.3 is 20.3 Å². The third kappa shape index (κ3) is 4.59. The molecule has 0 saturated carbocycles. The lowest BCUT2D eigenvalue weighted by atomic mass is 9.98. The van der Waals surface area contributed by atoms with Gasteiger partial charge in [0.1, 0.15) is 24.6 Å². The fourth-order valence-corrected chi connectivity index (χ4v) is 5.58. The smallest absolute Gasteiger partial charge is 0.407 e. The van der Waals surface area contributed by atoms with Crippen LogP contribution in [0.2, 0.25) is 0 Å². The molecular weight excluding hydrogens is 545 g/mol. The number of amides is 1. The molecule has 0 aromatic heterocycles. The number of aliphatic hydroxyl groups is 2. The topological polar surface area (TPSA) is 78.8 Å². The largest absolute Gasteiger partial charge is 0.449 e. The van der Waals surface area contributed by atoms with Crippen molar-refractivity contribution in [3.05, 3.63) is 92.1 Å². The molecule has 0 spiro atoms. The Balaban J connectivity index is 1.36. The summed E-state index contributed by atoms with van der Waals surface area (Å²) in [5.74, 6) is -0.569. The lowest BCUT2D eigenvalue weighted by Crippen LogP contribution is -2.36. The first-order chi connectivity index (χ1) is 15.4. The fraction of sp³-hybridized carbons (Fsp3) is 0.208. The number of carbonyl (C=O) groups excluding carboxylic acids is 1. The van der Waals surface area contributed by atoms with Crippen LogP contribution in [-0.2, 0) is 4.74 Å². The number of carbonyl (C=O) groups is 1. The first-order valence-corrected chi connectivity index (χ1v) is 11.5. The predicted octanol–water partition coefficient (Wildman–Crippen LogP) is 5.28. The van der Waals surface area contributed by atoms with E-state index in [4.69, 9.17) is 4.74 Å². The monoisotopic (exact) mass is 563 g/mol. The van der Waals surface area contributed by atoms with Gasteiger partial charge in [-0.25, -0.2) is 9.18 Å². The van der Waals surface area contributed by atoms with E-state index in [1.54, 1.807) is 0 Å². The van der Waals surface area contributed by atoms with E-state index in [1.165, 1.54) is 12.1 Å². The maximum atomic E-state index is 13.4. The van der Waals surface area contributed by atoms with Gasteiger partial charge >= 0.3 is 6.09 Å². The third-order valence-electron chi connectivity index (χ3n) is 5.50. The predicted molar refractivity (Wildman–Crippen MR) is 126 cm³/mol. The molecule has 2 unspecified atom stereocenters. The first kappa shape index (κ1) is 22.9. The van der Waals surface area contributed by atoms with Gasteiger partial charge in [0.2, 0.25) is 0 Å². The maximum absolute atomic E-state index is 13.4. The number of hydrogen-bond donors (Lipinski definition) is 3. The van der Waals surface area contributed by atoms with Crippen LogP contribution in [0.15, 0.2) is 69.6 Å². The summed E-state index contributed by atoms with van der Waals surface area (Å²) in [5, 5.41) is 23.3. The zero-order chi connectivity index (χ0) is 22.8. The molecule has 3 aromatic rings. The van der Waals surface area contributed by atoms with Crippen LogP contribution >= 0.6 is 31.9 Å². The molecule has 0 fully saturated rings. The van der Waals surface area contributed by atoms with Crippen LogP contribution in [0, 0.1) is 5.82 Å². The van der Waals surface area contributed by atoms with Crippen LogP contribution in [0.5, 0.6) is 0 Å². The van der Waals surface area contributed by atoms with Crippen molar-refractivity contribution < 1.29 is 24.1 Å². The van der Waals surface area contributed by atoms with E-state index in [2.05, 4.69) is 49.3 Å². The number of alkyl carbamates (subject to hydrolysis) is 1. The van der Waals surface area contributed by atoms with E-state index >= 15 is 0 Å². The van der Waals surface area contributed by atoms with Gasteiger partial charge in [0.15, 0.2) is 0 Å². The average molecular weight is 565 g/mol. The molecule has 166 valence electrons. The van der Waals surface area contributed by atoms with Crippen molar-refractivity contribution in [1.82, 2.24) is 5.32 Å². The zero-order valence-corrected chi connectivity index (χ0v) is 19.9. The molecule has 32 heavy (non-hydrogen) atoms. The summed E-state index contributed by atoms with van der Waals surface area (Å²) in [4.78, 5) is 12.3. The number of fused-ring (bicyclic) bond motifs is 3. The average Bonchev–Trinajstić information content (AvgIpc) is 3.09. The molecular formula is C24H20Br2FNO4. The van der Waals surface area contributed by atoms with Crippen LogP contribution < -0.4 is 5.32 Å². The van der Waals surface area contributed by atoms with E-state index in [0.717, 1.165) is 22.3 Å². The summed E-state index contributed by atoms with van der Waals surface area (Å²) in [7, 11) is 0. The van der Waals surface area contributed by atoms with Gasteiger partial charge in [0.05, 0.1) is 0 Å².